The highest BCUT2D eigenvalue weighted by Crippen LogP contribution is 2.21. The zero-order chi connectivity index (χ0) is 17.5. The first kappa shape index (κ1) is 18.6. The Morgan fingerprint density at radius 2 is 2.04 bits per heavy atom. The maximum absolute atomic E-state index is 6.18. The van der Waals surface area contributed by atoms with E-state index in [2.05, 4.69) is 34.6 Å². The van der Waals surface area contributed by atoms with Gasteiger partial charge in [0.05, 0.1) is 18.8 Å². The van der Waals surface area contributed by atoms with Crippen LogP contribution >= 0.6 is 23.2 Å². The fraction of sp³-hybridized carbons (Fsp3) is 0.412. The van der Waals surface area contributed by atoms with Crippen molar-refractivity contribution in [2.45, 2.75) is 39.8 Å². The van der Waals surface area contributed by atoms with Crippen molar-refractivity contribution in [3.8, 4) is 0 Å². The van der Waals surface area contributed by atoms with Crippen LogP contribution < -0.4 is 10.6 Å². The van der Waals surface area contributed by atoms with E-state index in [1.54, 1.807) is 12.1 Å². The Hall–Kier alpha value is -1.72. The number of rotatable bonds is 6. The van der Waals surface area contributed by atoms with E-state index in [0.29, 0.717) is 35.0 Å². The number of halogens is 2. The van der Waals surface area contributed by atoms with Crippen molar-refractivity contribution in [3.05, 3.63) is 51.3 Å². The third-order valence-corrected chi connectivity index (χ3v) is 3.95. The van der Waals surface area contributed by atoms with Gasteiger partial charge in [0.25, 0.3) is 0 Å². The van der Waals surface area contributed by atoms with Gasteiger partial charge in [-0.25, -0.2) is 4.99 Å². The molecule has 1 heterocycles. The molecule has 0 amide bonds. The average Bonchev–Trinajstić information content (AvgIpc) is 3.00. The lowest BCUT2D eigenvalue weighted by atomic mass is 10.1. The number of hydrogen-bond acceptors (Lipinski definition) is 3. The van der Waals surface area contributed by atoms with Crippen molar-refractivity contribution in [1.29, 1.82) is 0 Å². The van der Waals surface area contributed by atoms with Crippen molar-refractivity contribution < 1.29 is 4.52 Å². The fourth-order valence-corrected chi connectivity index (χ4v) is 2.48. The molecule has 1 aromatic heterocycles. The molecule has 0 aliphatic rings. The Kier molecular flexibility index (Phi) is 6.94. The van der Waals surface area contributed by atoms with Crippen molar-refractivity contribution in [3.63, 3.8) is 0 Å². The SMILES string of the molecule is CCNC(=NCc1ccc(Cl)cc1Cl)NCc1cc(C(C)C)no1. The smallest absolute Gasteiger partial charge is 0.191 e. The first-order valence-corrected chi connectivity index (χ1v) is 8.66. The normalized spacial score (nSPS) is 11.8. The average molecular weight is 369 g/mol. The van der Waals surface area contributed by atoms with Crippen molar-refractivity contribution in [2.24, 2.45) is 4.99 Å². The van der Waals surface area contributed by atoms with E-state index in [1.807, 2.05) is 19.1 Å². The lowest BCUT2D eigenvalue weighted by Crippen LogP contribution is -2.36. The van der Waals surface area contributed by atoms with Crippen LogP contribution in [0, 0.1) is 0 Å². The van der Waals surface area contributed by atoms with Gasteiger partial charge in [0, 0.05) is 22.7 Å². The topological polar surface area (TPSA) is 62.5 Å². The molecule has 7 heteroatoms. The van der Waals surface area contributed by atoms with Gasteiger partial charge >= 0.3 is 0 Å². The van der Waals surface area contributed by atoms with E-state index in [0.717, 1.165) is 23.6 Å². The standard InChI is InChI=1S/C17H22Cl2N4O/c1-4-20-17(21-9-12-5-6-13(18)7-15(12)19)22-10-14-8-16(11(2)3)23-24-14/h5-8,11H,4,9-10H2,1-3H3,(H2,20,21,22). The Bertz CT molecular complexity index is 698. The van der Waals surface area contributed by atoms with Crippen molar-refractivity contribution >= 4 is 29.2 Å². The molecular weight excluding hydrogens is 347 g/mol. The van der Waals surface area contributed by atoms with Crippen LogP contribution in [0.2, 0.25) is 10.0 Å². The molecule has 2 aromatic rings. The van der Waals surface area contributed by atoms with Crippen LogP contribution in [-0.2, 0) is 13.1 Å². The second kappa shape index (κ2) is 8.94. The number of hydrogen-bond donors (Lipinski definition) is 2. The molecule has 130 valence electrons. The number of nitrogens with zero attached hydrogens (tertiary/aromatic N) is 2. The second-order valence-corrected chi connectivity index (χ2v) is 6.50. The molecule has 0 atom stereocenters. The molecule has 0 spiro atoms. The molecule has 0 radical (unpaired) electrons. The zero-order valence-electron chi connectivity index (χ0n) is 14.1. The largest absolute Gasteiger partial charge is 0.359 e. The van der Waals surface area contributed by atoms with Gasteiger partial charge in [-0.05, 0) is 30.5 Å². The minimum absolute atomic E-state index is 0.344. The van der Waals surface area contributed by atoms with E-state index in [9.17, 15) is 0 Å². The van der Waals surface area contributed by atoms with E-state index < -0.39 is 0 Å². The van der Waals surface area contributed by atoms with E-state index >= 15 is 0 Å². The molecule has 5 nitrogen and oxygen atoms in total. The lowest BCUT2D eigenvalue weighted by Gasteiger charge is -2.10. The van der Waals surface area contributed by atoms with Gasteiger partial charge in [-0.15, -0.1) is 0 Å². The summed E-state index contributed by atoms with van der Waals surface area (Å²) in [6.45, 7) is 7.90. The molecule has 0 saturated carbocycles. The van der Waals surface area contributed by atoms with Crippen LogP contribution in [0.1, 0.15) is 43.7 Å². The number of aliphatic imine (C=N–C) groups is 1. The van der Waals surface area contributed by atoms with Gasteiger partial charge in [-0.3, -0.25) is 0 Å². The maximum atomic E-state index is 6.18. The molecule has 2 rings (SSSR count). The molecule has 0 bridgehead atoms. The summed E-state index contributed by atoms with van der Waals surface area (Å²) in [5.41, 5.74) is 1.86. The number of guanidine groups is 1. The minimum atomic E-state index is 0.344. The van der Waals surface area contributed by atoms with Gasteiger partial charge < -0.3 is 15.2 Å². The molecule has 0 aliphatic carbocycles. The summed E-state index contributed by atoms with van der Waals surface area (Å²) in [5, 5.41) is 11.7. The highest BCUT2D eigenvalue weighted by Gasteiger charge is 2.08. The molecule has 2 N–H and O–H groups in total. The summed E-state index contributed by atoms with van der Waals surface area (Å²) < 4.78 is 5.32. The first-order valence-electron chi connectivity index (χ1n) is 7.91. The van der Waals surface area contributed by atoms with Gasteiger partial charge in [0.2, 0.25) is 0 Å². The quantitative estimate of drug-likeness (QED) is 0.587. The predicted molar refractivity (Wildman–Crippen MR) is 98.7 cm³/mol. The first-order chi connectivity index (χ1) is 11.5. The predicted octanol–water partition coefficient (Wildman–Crippen LogP) is 4.36. The van der Waals surface area contributed by atoms with Gasteiger partial charge in [0.1, 0.15) is 0 Å². The van der Waals surface area contributed by atoms with Gasteiger partial charge in [-0.2, -0.15) is 0 Å². The highest BCUT2D eigenvalue weighted by atomic mass is 35.5. The van der Waals surface area contributed by atoms with Crippen LogP contribution in [0.3, 0.4) is 0 Å². The third-order valence-electron chi connectivity index (χ3n) is 3.37. The molecule has 0 fully saturated rings. The Morgan fingerprint density at radius 1 is 1.25 bits per heavy atom. The Balaban J connectivity index is 1.99. The Labute approximate surface area is 152 Å². The van der Waals surface area contributed by atoms with E-state index in [1.165, 1.54) is 0 Å². The molecule has 0 saturated heterocycles. The van der Waals surface area contributed by atoms with Crippen LogP contribution in [0.15, 0.2) is 33.8 Å². The summed E-state index contributed by atoms with van der Waals surface area (Å²) in [6, 6.07) is 7.36. The summed E-state index contributed by atoms with van der Waals surface area (Å²) >= 11 is 12.1. The van der Waals surface area contributed by atoms with Crippen LogP contribution in [0.4, 0.5) is 0 Å². The fourth-order valence-electron chi connectivity index (χ4n) is 2.01. The highest BCUT2D eigenvalue weighted by molar-refractivity contribution is 6.35. The second-order valence-electron chi connectivity index (χ2n) is 5.66. The zero-order valence-corrected chi connectivity index (χ0v) is 15.6. The number of nitrogens with one attached hydrogen (secondary N) is 2. The molecule has 0 aliphatic heterocycles. The minimum Gasteiger partial charge on any atom is -0.359 e. The molecular formula is C17H22Cl2N4O. The Morgan fingerprint density at radius 3 is 2.67 bits per heavy atom. The summed E-state index contributed by atoms with van der Waals surface area (Å²) in [4.78, 5) is 4.54. The van der Waals surface area contributed by atoms with Gasteiger partial charge in [0.15, 0.2) is 11.7 Å². The summed E-state index contributed by atoms with van der Waals surface area (Å²) in [6.07, 6.45) is 0. The van der Waals surface area contributed by atoms with Crippen LogP contribution in [0.25, 0.3) is 0 Å². The van der Waals surface area contributed by atoms with Crippen molar-refractivity contribution in [1.82, 2.24) is 15.8 Å². The van der Waals surface area contributed by atoms with Crippen LogP contribution in [-0.4, -0.2) is 17.7 Å². The van der Waals surface area contributed by atoms with Crippen LogP contribution in [0.5, 0.6) is 0 Å². The van der Waals surface area contributed by atoms with E-state index in [-0.39, 0.29) is 0 Å². The summed E-state index contributed by atoms with van der Waals surface area (Å²) in [7, 11) is 0. The van der Waals surface area contributed by atoms with Crippen molar-refractivity contribution in [2.75, 3.05) is 6.54 Å². The molecule has 1 aromatic carbocycles. The monoisotopic (exact) mass is 368 g/mol. The third kappa shape index (κ3) is 5.42. The maximum Gasteiger partial charge on any atom is 0.191 e. The molecule has 0 unspecified atom stereocenters. The lowest BCUT2D eigenvalue weighted by molar-refractivity contribution is 0.372. The molecule has 24 heavy (non-hydrogen) atoms. The number of benzene rings is 1. The van der Waals surface area contributed by atoms with Gasteiger partial charge in [-0.1, -0.05) is 48.3 Å². The van der Waals surface area contributed by atoms with E-state index in [4.69, 9.17) is 27.7 Å². The number of aromatic nitrogens is 1. The summed E-state index contributed by atoms with van der Waals surface area (Å²) in [5.74, 6) is 1.80.